The number of sulfonamides is 1. The second kappa shape index (κ2) is 6.01. The second-order valence-corrected chi connectivity index (χ2v) is 5.85. The van der Waals surface area contributed by atoms with Crippen molar-refractivity contribution in [3.8, 4) is 0 Å². The quantitative estimate of drug-likeness (QED) is 0.762. The summed E-state index contributed by atoms with van der Waals surface area (Å²) in [6.07, 6.45) is 3.17. The molecule has 0 aromatic carbocycles. The van der Waals surface area contributed by atoms with E-state index >= 15 is 0 Å². The first-order chi connectivity index (χ1) is 8.34. The Labute approximate surface area is 107 Å². The van der Waals surface area contributed by atoms with Crippen LogP contribution >= 0.6 is 0 Å². The van der Waals surface area contributed by atoms with Crippen molar-refractivity contribution in [3.05, 3.63) is 18.0 Å². The lowest BCUT2D eigenvalue weighted by molar-refractivity contribution is 0.0437. The minimum absolute atomic E-state index is 0.0859. The summed E-state index contributed by atoms with van der Waals surface area (Å²) in [4.78, 5) is 14.0. The largest absolute Gasteiger partial charge is 0.461 e. The molecule has 0 saturated carbocycles. The molecule has 0 aliphatic heterocycles. The highest BCUT2D eigenvalue weighted by Gasteiger charge is 2.16. The number of aromatic nitrogens is 1. The molecule has 1 aromatic rings. The van der Waals surface area contributed by atoms with Gasteiger partial charge in [0.1, 0.15) is 10.6 Å². The van der Waals surface area contributed by atoms with Crippen molar-refractivity contribution in [1.29, 1.82) is 0 Å². The van der Waals surface area contributed by atoms with Crippen molar-refractivity contribution in [2.45, 2.75) is 31.6 Å². The molecular formula is C11H18N2O4S. The van der Waals surface area contributed by atoms with E-state index in [0.29, 0.717) is 6.61 Å². The number of nitrogens with two attached hydrogens (primary N) is 1. The molecule has 1 aromatic heterocycles. The molecule has 0 saturated heterocycles. The maximum absolute atomic E-state index is 11.6. The van der Waals surface area contributed by atoms with E-state index in [4.69, 9.17) is 9.88 Å². The SMILES string of the molecule is CCCC(C)COC(=O)c1cc(S(N)(=O)=O)c[nH]1. The number of carbonyl (C=O) groups is 1. The van der Waals surface area contributed by atoms with Gasteiger partial charge in [0.2, 0.25) is 10.0 Å². The van der Waals surface area contributed by atoms with Crippen LogP contribution in [0, 0.1) is 5.92 Å². The summed E-state index contributed by atoms with van der Waals surface area (Å²) in [6, 6.07) is 1.17. The molecule has 7 heteroatoms. The smallest absolute Gasteiger partial charge is 0.354 e. The lowest BCUT2D eigenvalue weighted by atomic mass is 10.1. The number of nitrogens with one attached hydrogen (secondary N) is 1. The first kappa shape index (κ1) is 14.7. The van der Waals surface area contributed by atoms with Gasteiger partial charge in [0.25, 0.3) is 0 Å². The van der Waals surface area contributed by atoms with Crippen LogP contribution in [0.3, 0.4) is 0 Å². The summed E-state index contributed by atoms with van der Waals surface area (Å²) >= 11 is 0. The average molecular weight is 274 g/mol. The van der Waals surface area contributed by atoms with Gasteiger partial charge < -0.3 is 9.72 Å². The van der Waals surface area contributed by atoms with E-state index in [1.54, 1.807) is 0 Å². The number of aromatic amines is 1. The van der Waals surface area contributed by atoms with Gasteiger partial charge in [-0.15, -0.1) is 0 Å². The van der Waals surface area contributed by atoms with Crippen LogP contribution in [0.25, 0.3) is 0 Å². The molecule has 0 amide bonds. The van der Waals surface area contributed by atoms with Crippen LogP contribution in [-0.4, -0.2) is 26.0 Å². The zero-order valence-corrected chi connectivity index (χ0v) is 11.3. The van der Waals surface area contributed by atoms with Crippen LogP contribution < -0.4 is 5.14 Å². The lowest BCUT2D eigenvalue weighted by Gasteiger charge is -2.09. The maximum atomic E-state index is 11.6. The highest BCUT2D eigenvalue weighted by atomic mass is 32.2. The summed E-state index contributed by atoms with van der Waals surface area (Å²) in [5.74, 6) is -0.292. The number of hydrogen-bond donors (Lipinski definition) is 2. The Morgan fingerprint density at radius 1 is 1.56 bits per heavy atom. The van der Waals surface area contributed by atoms with Gasteiger partial charge in [0, 0.05) is 6.20 Å². The number of primary sulfonamides is 1. The van der Waals surface area contributed by atoms with Gasteiger partial charge in [-0.2, -0.15) is 0 Å². The lowest BCUT2D eigenvalue weighted by Crippen LogP contribution is -2.13. The maximum Gasteiger partial charge on any atom is 0.354 e. The topological polar surface area (TPSA) is 102 Å². The van der Waals surface area contributed by atoms with Crippen LogP contribution in [0.5, 0.6) is 0 Å². The summed E-state index contributed by atoms with van der Waals surface area (Å²) in [5, 5.41) is 4.93. The second-order valence-electron chi connectivity index (χ2n) is 4.29. The molecule has 0 spiro atoms. The number of rotatable bonds is 6. The van der Waals surface area contributed by atoms with Gasteiger partial charge in [-0.25, -0.2) is 18.4 Å². The zero-order chi connectivity index (χ0) is 13.8. The molecule has 1 unspecified atom stereocenters. The molecule has 0 aliphatic carbocycles. The van der Waals surface area contributed by atoms with Gasteiger partial charge in [0.15, 0.2) is 0 Å². The molecule has 0 aliphatic rings. The van der Waals surface area contributed by atoms with E-state index in [-0.39, 0.29) is 16.5 Å². The van der Waals surface area contributed by atoms with Gasteiger partial charge in [-0.3, -0.25) is 0 Å². The third-order valence-corrected chi connectivity index (χ3v) is 3.38. The molecule has 1 atom stereocenters. The van der Waals surface area contributed by atoms with Crippen LogP contribution in [0.4, 0.5) is 0 Å². The normalized spacial score (nSPS) is 13.3. The molecule has 0 fully saturated rings. The van der Waals surface area contributed by atoms with Crippen LogP contribution in [0.15, 0.2) is 17.2 Å². The van der Waals surface area contributed by atoms with Crippen molar-refractivity contribution < 1.29 is 17.9 Å². The van der Waals surface area contributed by atoms with Crippen LogP contribution in [0.1, 0.15) is 37.2 Å². The van der Waals surface area contributed by atoms with Crippen molar-refractivity contribution in [1.82, 2.24) is 4.98 Å². The fourth-order valence-corrected chi connectivity index (χ4v) is 2.03. The third-order valence-electron chi connectivity index (χ3n) is 2.49. The molecule has 3 N–H and O–H groups in total. The van der Waals surface area contributed by atoms with E-state index in [1.165, 1.54) is 12.3 Å². The molecule has 18 heavy (non-hydrogen) atoms. The monoisotopic (exact) mass is 274 g/mol. The Morgan fingerprint density at radius 3 is 2.72 bits per heavy atom. The summed E-state index contributed by atoms with van der Waals surface area (Å²) < 4.78 is 27.1. The standard InChI is InChI=1S/C11H18N2O4S/c1-3-4-8(2)7-17-11(14)10-5-9(6-13-10)18(12,15)16/h5-6,8,13H,3-4,7H2,1-2H3,(H2,12,15,16). The molecule has 1 heterocycles. The van der Waals surface area contributed by atoms with Crippen molar-refractivity contribution in [3.63, 3.8) is 0 Å². The Hall–Kier alpha value is -1.34. The molecule has 0 radical (unpaired) electrons. The number of carbonyl (C=O) groups excluding carboxylic acids is 1. The predicted octanol–water partition coefficient (Wildman–Crippen LogP) is 1.26. The van der Waals surface area contributed by atoms with Crippen molar-refractivity contribution in [2.24, 2.45) is 11.1 Å². The van der Waals surface area contributed by atoms with Crippen molar-refractivity contribution in [2.75, 3.05) is 6.61 Å². The van der Waals surface area contributed by atoms with E-state index in [1.807, 2.05) is 6.92 Å². The number of ether oxygens (including phenoxy) is 1. The van der Waals surface area contributed by atoms with E-state index in [0.717, 1.165) is 12.8 Å². The molecule has 0 bridgehead atoms. The molecule has 1 rings (SSSR count). The summed E-state index contributed by atoms with van der Waals surface area (Å²) in [6.45, 7) is 4.36. The summed E-state index contributed by atoms with van der Waals surface area (Å²) in [7, 11) is -3.79. The van der Waals surface area contributed by atoms with Crippen LogP contribution in [0.2, 0.25) is 0 Å². The number of esters is 1. The number of hydrogen-bond acceptors (Lipinski definition) is 4. The average Bonchev–Trinajstić information content (AvgIpc) is 2.75. The van der Waals surface area contributed by atoms with Gasteiger partial charge >= 0.3 is 5.97 Å². The Morgan fingerprint density at radius 2 is 2.22 bits per heavy atom. The van der Waals surface area contributed by atoms with E-state index in [2.05, 4.69) is 11.9 Å². The summed E-state index contributed by atoms with van der Waals surface area (Å²) in [5.41, 5.74) is 0.0859. The predicted molar refractivity (Wildman–Crippen MR) is 66.5 cm³/mol. The zero-order valence-electron chi connectivity index (χ0n) is 10.5. The van der Waals surface area contributed by atoms with Gasteiger partial charge in [0.05, 0.1) is 6.61 Å². The molecular weight excluding hydrogens is 256 g/mol. The minimum Gasteiger partial charge on any atom is -0.461 e. The molecule has 102 valence electrons. The van der Waals surface area contributed by atoms with E-state index in [9.17, 15) is 13.2 Å². The minimum atomic E-state index is -3.79. The number of H-pyrrole nitrogens is 1. The van der Waals surface area contributed by atoms with Gasteiger partial charge in [-0.05, 0) is 18.4 Å². The van der Waals surface area contributed by atoms with Crippen LogP contribution in [-0.2, 0) is 14.8 Å². The Kier molecular flexibility index (Phi) is 4.92. The molecule has 6 nitrogen and oxygen atoms in total. The highest BCUT2D eigenvalue weighted by molar-refractivity contribution is 7.89. The fourth-order valence-electron chi connectivity index (χ4n) is 1.53. The first-order valence-corrected chi connectivity index (χ1v) is 7.27. The first-order valence-electron chi connectivity index (χ1n) is 5.73. The highest BCUT2D eigenvalue weighted by Crippen LogP contribution is 2.11. The fraction of sp³-hybridized carbons (Fsp3) is 0.545. The Bertz CT molecular complexity index is 507. The third kappa shape index (κ3) is 4.15. The van der Waals surface area contributed by atoms with E-state index < -0.39 is 16.0 Å². The van der Waals surface area contributed by atoms with Crippen molar-refractivity contribution >= 4 is 16.0 Å². The Balaban J connectivity index is 2.60. The van der Waals surface area contributed by atoms with Gasteiger partial charge in [-0.1, -0.05) is 20.3 Å².